The summed E-state index contributed by atoms with van der Waals surface area (Å²) in [6, 6.07) is 27.3. The van der Waals surface area contributed by atoms with Crippen LogP contribution in [0.4, 0.5) is 0 Å². The highest BCUT2D eigenvalue weighted by molar-refractivity contribution is 14.1. The zero-order valence-electron chi connectivity index (χ0n) is 24.2. The predicted octanol–water partition coefficient (Wildman–Crippen LogP) is 8.03. The van der Waals surface area contributed by atoms with Crippen LogP contribution >= 0.6 is 79.7 Å². The number of rotatable bonds is 8. The van der Waals surface area contributed by atoms with Gasteiger partial charge in [-0.2, -0.15) is 0 Å². The first-order valence-corrected chi connectivity index (χ1v) is 17.9. The molecule has 0 N–H and O–H groups in total. The Hall–Kier alpha value is -2.97. The molecule has 0 spiro atoms. The second-order valence-corrected chi connectivity index (χ2v) is 14.5. The standard InChI is InChI=1S/C35H24Cl2I2N2O4S/c1-2-44-34(43)29-30(21-6-4-3-5-7-21)40-35-41(31(29)22-10-14-25(37)15-11-22)33(42)28(46-35)17-23-16-26(38)18-27(39)32(23)45-19-20-8-12-24(36)13-9-20/h3-18,31H,2,19H2,1H3/b28-17-/t31-/m0/s1. The number of carbonyl (C=O) groups is 1. The van der Waals surface area contributed by atoms with Crippen molar-refractivity contribution in [1.29, 1.82) is 0 Å². The number of aromatic nitrogens is 1. The summed E-state index contributed by atoms with van der Waals surface area (Å²) in [5.74, 6) is 0.123. The third kappa shape index (κ3) is 6.98. The maximum absolute atomic E-state index is 14.4. The molecule has 11 heteroatoms. The number of esters is 1. The smallest absolute Gasteiger partial charge is 0.338 e. The van der Waals surface area contributed by atoms with Crippen LogP contribution in [-0.4, -0.2) is 17.1 Å². The van der Waals surface area contributed by atoms with Crippen LogP contribution < -0.4 is 19.6 Å². The van der Waals surface area contributed by atoms with E-state index in [1.165, 1.54) is 11.3 Å². The number of hydrogen-bond donors (Lipinski definition) is 0. The monoisotopic (exact) mass is 892 g/mol. The quantitative estimate of drug-likeness (QED) is 0.117. The minimum Gasteiger partial charge on any atom is -0.487 e. The third-order valence-electron chi connectivity index (χ3n) is 7.18. The fraction of sp³-hybridized carbons (Fsp3) is 0.114. The summed E-state index contributed by atoms with van der Waals surface area (Å²) in [6.45, 7) is 2.25. The molecular formula is C35H24Cl2I2N2O4S. The van der Waals surface area contributed by atoms with Gasteiger partial charge >= 0.3 is 5.97 Å². The Labute approximate surface area is 306 Å². The summed E-state index contributed by atoms with van der Waals surface area (Å²) in [7, 11) is 0. The van der Waals surface area contributed by atoms with Gasteiger partial charge in [0.05, 0.1) is 32.0 Å². The van der Waals surface area contributed by atoms with Crippen LogP contribution in [0.2, 0.25) is 10.0 Å². The summed E-state index contributed by atoms with van der Waals surface area (Å²) < 4.78 is 15.8. The SMILES string of the molecule is CCOC(=O)C1=C(c2ccccc2)N=c2s/c(=C\c3cc(I)cc(I)c3OCc3ccc(Cl)cc3)c(=O)n2[C@H]1c1ccc(Cl)cc1. The average molecular weight is 893 g/mol. The number of nitrogens with zero attached hydrogens (tertiary/aromatic N) is 2. The minimum absolute atomic E-state index is 0.173. The lowest BCUT2D eigenvalue weighted by Gasteiger charge is -2.26. The van der Waals surface area contributed by atoms with Crippen molar-refractivity contribution in [1.82, 2.24) is 4.57 Å². The topological polar surface area (TPSA) is 69.9 Å². The van der Waals surface area contributed by atoms with Crippen molar-refractivity contribution >= 4 is 97.5 Å². The highest BCUT2D eigenvalue weighted by Gasteiger charge is 2.35. The van der Waals surface area contributed by atoms with Crippen LogP contribution in [0.15, 0.2) is 106 Å². The van der Waals surface area contributed by atoms with Crippen molar-refractivity contribution < 1.29 is 14.3 Å². The van der Waals surface area contributed by atoms with Crippen LogP contribution in [0.5, 0.6) is 5.75 Å². The van der Waals surface area contributed by atoms with Crippen LogP contribution in [-0.2, 0) is 16.1 Å². The summed E-state index contributed by atoms with van der Waals surface area (Å²) in [5.41, 5.74) is 3.63. The van der Waals surface area contributed by atoms with E-state index in [0.717, 1.165) is 23.8 Å². The molecule has 0 radical (unpaired) electrons. The fourth-order valence-corrected chi connectivity index (χ4v) is 8.41. The molecular weight excluding hydrogens is 869 g/mol. The van der Waals surface area contributed by atoms with Crippen molar-refractivity contribution in [3.63, 3.8) is 0 Å². The lowest BCUT2D eigenvalue weighted by molar-refractivity contribution is -0.138. The van der Waals surface area contributed by atoms with Crippen molar-refractivity contribution in [2.24, 2.45) is 4.99 Å². The van der Waals surface area contributed by atoms with Gasteiger partial charge in [0.1, 0.15) is 12.4 Å². The number of halogens is 4. The Bertz CT molecular complexity index is 2150. The van der Waals surface area contributed by atoms with Gasteiger partial charge in [0, 0.05) is 24.7 Å². The molecule has 1 aliphatic rings. The Morgan fingerprint density at radius 1 is 0.978 bits per heavy atom. The normalized spacial score (nSPS) is 14.5. The van der Waals surface area contributed by atoms with Crippen LogP contribution in [0.25, 0.3) is 11.8 Å². The maximum Gasteiger partial charge on any atom is 0.338 e. The van der Waals surface area contributed by atoms with E-state index in [1.54, 1.807) is 23.6 Å². The van der Waals surface area contributed by atoms with Crippen LogP contribution in [0.1, 0.15) is 35.2 Å². The van der Waals surface area contributed by atoms with Gasteiger partial charge in [0.2, 0.25) is 0 Å². The molecule has 1 aromatic heterocycles. The lowest BCUT2D eigenvalue weighted by Crippen LogP contribution is -2.40. The number of carbonyl (C=O) groups excluding carboxylic acids is 1. The Morgan fingerprint density at radius 2 is 1.65 bits per heavy atom. The van der Waals surface area contributed by atoms with Gasteiger partial charge < -0.3 is 9.47 Å². The first-order valence-electron chi connectivity index (χ1n) is 14.1. The van der Waals surface area contributed by atoms with Gasteiger partial charge in [-0.1, -0.05) is 89.1 Å². The summed E-state index contributed by atoms with van der Waals surface area (Å²) in [4.78, 5) is 33.4. The Balaban J connectivity index is 1.55. The second kappa shape index (κ2) is 14.4. The number of fused-ring (bicyclic) bond motifs is 1. The van der Waals surface area contributed by atoms with Gasteiger partial charge in [-0.3, -0.25) is 9.36 Å². The van der Waals surface area contributed by atoms with E-state index < -0.39 is 12.0 Å². The largest absolute Gasteiger partial charge is 0.487 e. The molecule has 1 atom stereocenters. The second-order valence-electron chi connectivity index (χ2n) is 10.2. The molecule has 0 fully saturated rings. The van der Waals surface area contributed by atoms with E-state index in [-0.39, 0.29) is 17.7 Å². The number of thiazole rings is 1. The minimum atomic E-state index is -0.790. The molecule has 5 aromatic rings. The highest BCUT2D eigenvalue weighted by Crippen LogP contribution is 2.36. The Kier molecular flexibility index (Phi) is 10.3. The molecule has 0 aliphatic carbocycles. The summed E-state index contributed by atoms with van der Waals surface area (Å²) in [5, 5.41) is 1.20. The number of benzene rings is 4. The molecule has 4 aromatic carbocycles. The van der Waals surface area contributed by atoms with Crippen molar-refractivity contribution in [3.05, 3.63) is 156 Å². The fourth-order valence-electron chi connectivity index (χ4n) is 5.12. The van der Waals surface area contributed by atoms with Crippen LogP contribution in [0.3, 0.4) is 0 Å². The first kappa shape index (κ1) is 33.0. The van der Waals surface area contributed by atoms with E-state index in [9.17, 15) is 9.59 Å². The molecule has 1 aliphatic heterocycles. The Morgan fingerprint density at radius 3 is 2.33 bits per heavy atom. The highest BCUT2D eigenvalue weighted by atomic mass is 127. The molecule has 232 valence electrons. The van der Waals surface area contributed by atoms with Gasteiger partial charge in [-0.05, 0) is 106 Å². The summed E-state index contributed by atoms with van der Waals surface area (Å²) >= 11 is 18.1. The van der Waals surface area contributed by atoms with Gasteiger partial charge in [-0.15, -0.1) is 0 Å². The molecule has 6 rings (SSSR count). The molecule has 6 nitrogen and oxygen atoms in total. The molecule has 46 heavy (non-hydrogen) atoms. The zero-order chi connectivity index (χ0) is 32.4. The van der Waals surface area contributed by atoms with E-state index in [0.29, 0.717) is 43.0 Å². The molecule has 0 bridgehead atoms. The molecule has 0 unspecified atom stereocenters. The third-order valence-corrected chi connectivity index (χ3v) is 10.1. The van der Waals surface area contributed by atoms with Gasteiger partial charge in [0.25, 0.3) is 5.56 Å². The number of hydrogen-bond acceptors (Lipinski definition) is 6. The first-order chi connectivity index (χ1) is 22.2. The van der Waals surface area contributed by atoms with E-state index in [1.807, 2.05) is 84.9 Å². The van der Waals surface area contributed by atoms with Gasteiger partial charge in [-0.25, -0.2) is 9.79 Å². The van der Waals surface area contributed by atoms with E-state index >= 15 is 0 Å². The summed E-state index contributed by atoms with van der Waals surface area (Å²) in [6.07, 6.45) is 1.83. The molecule has 2 heterocycles. The van der Waals surface area contributed by atoms with E-state index in [2.05, 4.69) is 45.2 Å². The van der Waals surface area contributed by atoms with Crippen molar-refractivity contribution in [3.8, 4) is 5.75 Å². The molecule has 0 saturated carbocycles. The van der Waals surface area contributed by atoms with Crippen molar-refractivity contribution in [2.45, 2.75) is 19.6 Å². The maximum atomic E-state index is 14.4. The van der Waals surface area contributed by atoms with E-state index in [4.69, 9.17) is 37.7 Å². The lowest BCUT2D eigenvalue weighted by atomic mass is 9.93. The molecule has 0 saturated heterocycles. The number of ether oxygens (including phenoxy) is 2. The molecule has 0 amide bonds. The zero-order valence-corrected chi connectivity index (χ0v) is 30.8. The average Bonchev–Trinajstić information content (AvgIpc) is 3.35. The predicted molar refractivity (Wildman–Crippen MR) is 200 cm³/mol. The van der Waals surface area contributed by atoms with Crippen LogP contribution in [0, 0.1) is 7.14 Å². The van der Waals surface area contributed by atoms with Gasteiger partial charge in [0.15, 0.2) is 4.80 Å². The van der Waals surface area contributed by atoms with Crippen molar-refractivity contribution in [2.75, 3.05) is 6.61 Å².